The highest BCUT2D eigenvalue weighted by Crippen LogP contribution is 2.28. The van der Waals surface area contributed by atoms with Crippen molar-refractivity contribution in [2.75, 3.05) is 5.32 Å². The average molecular weight is 365 g/mol. The molecule has 0 saturated heterocycles. The summed E-state index contributed by atoms with van der Waals surface area (Å²) in [5, 5.41) is 2.88. The van der Waals surface area contributed by atoms with E-state index in [4.69, 9.17) is 4.74 Å². The van der Waals surface area contributed by atoms with Crippen LogP contribution in [-0.2, 0) is 11.2 Å². The highest BCUT2D eigenvalue weighted by Gasteiger charge is 2.28. The molecule has 0 radical (unpaired) electrons. The summed E-state index contributed by atoms with van der Waals surface area (Å²) in [5.74, 6) is 0.711. The van der Waals surface area contributed by atoms with Crippen molar-refractivity contribution >= 4 is 34.2 Å². The van der Waals surface area contributed by atoms with Crippen molar-refractivity contribution in [2.45, 2.75) is 12.5 Å². The quantitative estimate of drug-likeness (QED) is 0.830. The van der Waals surface area contributed by atoms with Crippen LogP contribution in [0.5, 0.6) is 5.75 Å². The molecule has 2 aromatic rings. The van der Waals surface area contributed by atoms with Crippen molar-refractivity contribution in [1.82, 2.24) is 0 Å². The number of para-hydroxylation sites is 1. The van der Waals surface area contributed by atoms with Gasteiger partial charge in [-0.2, -0.15) is 0 Å². The molecular formula is C15H12INO2. The normalized spacial score (nSPS) is 16.6. The Kier molecular flexibility index (Phi) is 3.42. The van der Waals surface area contributed by atoms with E-state index < -0.39 is 6.10 Å². The number of ether oxygens (including phenoxy) is 1. The zero-order valence-corrected chi connectivity index (χ0v) is 12.3. The number of carbonyl (C=O) groups is 1. The van der Waals surface area contributed by atoms with E-state index in [1.54, 1.807) is 0 Å². The molecular weight excluding hydrogens is 353 g/mol. The van der Waals surface area contributed by atoms with Crippen LogP contribution in [0.3, 0.4) is 0 Å². The van der Waals surface area contributed by atoms with E-state index in [2.05, 4.69) is 27.9 Å². The van der Waals surface area contributed by atoms with Crippen molar-refractivity contribution in [3.8, 4) is 5.75 Å². The van der Waals surface area contributed by atoms with Crippen LogP contribution in [0.4, 0.5) is 5.69 Å². The van der Waals surface area contributed by atoms with Crippen LogP contribution in [0.15, 0.2) is 48.5 Å². The second-order valence-corrected chi connectivity index (χ2v) is 5.66. The molecule has 0 unspecified atom stereocenters. The summed E-state index contributed by atoms with van der Waals surface area (Å²) in [6.07, 6.45) is 0.198. The third kappa shape index (κ3) is 2.73. The lowest BCUT2D eigenvalue weighted by atomic mass is 10.1. The highest BCUT2D eigenvalue weighted by molar-refractivity contribution is 14.1. The molecule has 3 rings (SSSR count). The van der Waals surface area contributed by atoms with Crippen LogP contribution in [0.2, 0.25) is 0 Å². The maximum atomic E-state index is 12.1. The fraction of sp³-hybridized carbons (Fsp3) is 0.133. The minimum absolute atomic E-state index is 0.0996. The third-order valence-corrected chi connectivity index (χ3v) is 3.77. The first-order chi connectivity index (χ1) is 9.22. The fourth-order valence-corrected chi connectivity index (χ4v) is 2.44. The molecule has 2 aromatic carbocycles. The van der Waals surface area contributed by atoms with Gasteiger partial charge in [0.1, 0.15) is 5.75 Å². The van der Waals surface area contributed by atoms with Gasteiger partial charge in [0.2, 0.25) is 0 Å². The average Bonchev–Trinajstić information content (AvgIpc) is 2.85. The number of hydrogen-bond acceptors (Lipinski definition) is 2. The number of rotatable bonds is 2. The summed E-state index contributed by atoms with van der Waals surface area (Å²) in [7, 11) is 0. The van der Waals surface area contributed by atoms with E-state index in [1.165, 1.54) is 0 Å². The van der Waals surface area contributed by atoms with Gasteiger partial charge in [-0.3, -0.25) is 4.79 Å². The number of benzene rings is 2. The van der Waals surface area contributed by atoms with Gasteiger partial charge >= 0.3 is 0 Å². The Balaban J connectivity index is 1.68. The molecule has 1 aliphatic heterocycles. The van der Waals surface area contributed by atoms with Crippen molar-refractivity contribution in [3.63, 3.8) is 0 Å². The first kappa shape index (κ1) is 12.5. The Bertz CT molecular complexity index is 585. The molecule has 0 fully saturated rings. The number of nitrogens with one attached hydrogen (secondary N) is 1. The molecule has 96 valence electrons. The summed E-state index contributed by atoms with van der Waals surface area (Å²) >= 11 is 2.23. The molecule has 19 heavy (non-hydrogen) atoms. The number of halogens is 1. The van der Waals surface area contributed by atoms with Crippen LogP contribution in [0, 0.1) is 3.57 Å². The third-order valence-electron chi connectivity index (χ3n) is 3.05. The highest BCUT2D eigenvalue weighted by atomic mass is 127. The van der Waals surface area contributed by atoms with Crippen LogP contribution in [0.25, 0.3) is 0 Å². The zero-order chi connectivity index (χ0) is 13.2. The van der Waals surface area contributed by atoms with E-state index in [-0.39, 0.29) is 5.91 Å². The van der Waals surface area contributed by atoms with Gasteiger partial charge in [0.25, 0.3) is 5.91 Å². The van der Waals surface area contributed by atoms with Crippen LogP contribution >= 0.6 is 22.6 Å². The first-order valence-corrected chi connectivity index (χ1v) is 7.11. The number of carbonyl (C=O) groups excluding carboxylic acids is 1. The van der Waals surface area contributed by atoms with E-state index in [0.29, 0.717) is 6.42 Å². The molecule has 0 spiro atoms. The fourth-order valence-electron chi connectivity index (χ4n) is 2.08. The molecule has 1 atom stereocenters. The number of hydrogen-bond donors (Lipinski definition) is 1. The minimum Gasteiger partial charge on any atom is -0.480 e. The molecule has 0 bridgehead atoms. The lowest BCUT2D eigenvalue weighted by Gasteiger charge is -2.11. The molecule has 1 aliphatic rings. The van der Waals surface area contributed by atoms with Crippen molar-refractivity contribution in [2.24, 2.45) is 0 Å². The second-order valence-electron chi connectivity index (χ2n) is 4.41. The van der Waals surface area contributed by atoms with Crippen LogP contribution in [0.1, 0.15) is 5.56 Å². The predicted molar refractivity (Wildman–Crippen MR) is 82.4 cm³/mol. The van der Waals surface area contributed by atoms with Gasteiger partial charge in [-0.15, -0.1) is 0 Å². The molecule has 1 amide bonds. The number of amides is 1. The summed E-state index contributed by atoms with van der Waals surface area (Å²) in [6.45, 7) is 0. The van der Waals surface area contributed by atoms with E-state index in [0.717, 1.165) is 20.6 Å². The smallest absolute Gasteiger partial charge is 0.265 e. The van der Waals surface area contributed by atoms with Gasteiger partial charge in [-0.05, 0) is 58.5 Å². The largest absolute Gasteiger partial charge is 0.480 e. The Labute approximate surface area is 125 Å². The van der Waals surface area contributed by atoms with Gasteiger partial charge in [0, 0.05) is 15.7 Å². The number of fused-ring (bicyclic) bond motifs is 1. The summed E-state index contributed by atoms with van der Waals surface area (Å²) in [4.78, 5) is 12.1. The maximum Gasteiger partial charge on any atom is 0.265 e. The monoisotopic (exact) mass is 365 g/mol. The summed E-state index contributed by atoms with van der Waals surface area (Å²) < 4.78 is 6.79. The topological polar surface area (TPSA) is 38.3 Å². The molecule has 0 aromatic heterocycles. The van der Waals surface area contributed by atoms with E-state index in [1.807, 2.05) is 48.5 Å². The van der Waals surface area contributed by atoms with E-state index in [9.17, 15) is 4.79 Å². The molecule has 0 saturated carbocycles. The molecule has 0 aliphatic carbocycles. The second kappa shape index (κ2) is 5.21. The van der Waals surface area contributed by atoms with Crippen molar-refractivity contribution in [1.29, 1.82) is 0 Å². The van der Waals surface area contributed by atoms with Gasteiger partial charge in [-0.1, -0.05) is 18.2 Å². The lowest BCUT2D eigenvalue weighted by molar-refractivity contribution is -0.122. The summed E-state index contributed by atoms with van der Waals surface area (Å²) in [5.41, 5.74) is 1.88. The van der Waals surface area contributed by atoms with Crippen LogP contribution in [-0.4, -0.2) is 12.0 Å². The van der Waals surface area contributed by atoms with Gasteiger partial charge < -0.3 is 10.1 Å². The van der Waals surface area contributed by atoms with Gasteiger partial charge in [0.05, 0.1) is 0 Å². The van der Waals surface area contributed by atoms with Crippen LogP contribution < -0.4 is 10.1 Å². The van der Waals surface area contributed by atoms with E-state index >= 15 is 0 Å². The SMILES string of the molecule is O=C(Nc1ccc(I)cc1)[C@H]1Cc2ccccc2O1. The first-order valence-electron chi connectivity index (χ1n) is 6.03. The number of anilines is 1. The standard InChI is InChI=1S/C15H12INO2/c16-11-5-7-12(8-6-11)17-15(18)14-9-10-3-1-2-4-13(10)19-14/h1-8,14H,9H2,(H,17,18)/t14-/m1/s1. The minimum atomic E-state index is -0.434. The zero-order valence-electron chi connectivity index (χ0n) is 10.1. The summed E-state index contributed by atoms with van der Waals surface area (Å²) in [6, 6.07) is 15.5. The molecule has 1 heterocycles. The van der Waals surface area contributed by atoms with Crippen molar-refractivity contribution in [3.05, 3.63) is 57.7 Å². The van der Waals surface area contributed by atoms with Gasteiger partial charge in [-0.25, -0.2) is 0 Å². The predicted octanol–water partition coefficient (Wildman–Crippen LogP) is 3.23. The van der Waals surface area contributed by atoms with Crippen molar-refractivity contribution < 1.29 is 9.53 Å². The lowest BCUT2D eigenvalue weighted by Crippen LogP contribution is -2.31. The Morgan fingerprint density at radius 2 is 1.89 bits per heavy atom. The molecule has 1 N–H and O–H groups in total. The van der Waals surface area contributed by atoms with Gasteiger partial charge in [0.15, 0.2) is 6.10 Å². The molecule has 3 nitrogen and oxygen atoms in total. The molecule has 4 heteroatoms. The Hall–Kier alpha value is -1.56. The Morgan fingerprint density at radius 3 is 2.63 bits per heavy atom. The maximum absolute atomic E-state index is 12.1. The Morgan fingerprint density at radius 1 is 1.16 bits per heavy atom.